The molecule has 1 N–H and O–H groups in total. The van der Waals surface area contributed by atoms with Gasteiger partial charge < -0.3 is 9.88 Å². The van der Waals surface area contributed by atoms with Crippen molar-refractivity contribution in [3.8, 4) is 11.5 Å². The van der Waals surface area contributed by atoms with Crippen LogP contribution in [-0.2, 0) is 0 Å². The molecule has 0 aliphatic carbocycles. The Labute approximate surface area is 148 Å². The summed E-state index contributed by atoms with van der Waals surface area (Å²) in [7, 11) is 0. The minimum Gasteiger partial charge on any atom is -0.352 e. The molecule has 0 unspecified atom stereocenters. The molecule has 3 aromatic rings. The molecule has 3 rings (SSSR count). The van der Waals surface area contributed by atoms with Gasteiger partial charge in [0.15, 0.2) is 5.82 Å². The Morgan fingerprint density at radius 3 is 2.60 bits per heavy atom. The molecule has 1 amide bonds. The van der Waals surface area contributed by atoms with E-state index in [0.717, 1.165) is 35.6 Å². The summed E-state index contributed by atoms with van der Waals surface area (Å²) >= 11 is 0. The summed E-state index contributed by atoms with van der Waals surface area (Å²) in [4.78, 5) is 12.8. The van der Waals surface area contributed by atoms with Crippen molar-refractivity contribution in [2.24, 2.45) is 0 Å². The highest BCUT2D eigenvalue weighted by molar-refractivity contribution is 5.98. The first-order chi connectivity index (χ1) is 12.1. The minimum absolute atomic E-state index is 0.0754. The molecule has 0 radical (unpaired) electrons. The molecule has 2 aromatic heterocycles. The number of nitrogens with one attached hydrogen (secondary N) is 1. The van der Waals surface area contributed by atoms with Gasteiger partial charge in [-0.25, -0.2) is 4.68 Å². The number of nitrogens with zero attached hydrogens (tertiary/aromatic N) is 3. The Hall–Kier alpha value is -2.82. The summed E-state index contributed by atoms with van der Waals surface area (Å²) in [6, 6.07) is 12.0. The lowest BCUT2D eigenvalue weighted by molar-refractivity contribution is 0.0952. The third-order valence-corrected chi connectivity index (χ3v) is 4.17. The zero-order valence-corrected chi connectivity index (χ0v) is 15.0. The highest BCUT2D eigenvalue weighted by Gasteiger charge is 2.23. The first kappa shape index (κ1) is 17.0. The van der Waals surface area contributed by atoms with Gasteiger partial charge in [0.25, 0.3) is 5.91 Å². The summed E-state index contributed by atoms with van der Waals surface area (Å²) < 4.78 is 3.79. The second-order valence-corrected chi connectivity index (χ2v) is 6.23. The van der Waals surface area contributed by atoms with Crippen LogP contribution in [0, 0.1) is 13.8 Å². The Morgan fingerprint density at radius 1 is 1.16 bits per heavy atom. The lowest BCUT2D eigenvalue weighted by atomic mass is 10.2. The van der Waals surface area contributed by atoms with Gasteiger partial charge in [0.1, 0.15) is 5.56 Å². The van der Waals surface area contributed by atoms with E-state index in [1.165, 1.54) is 0 Å². The highest BCUT2D eigenvalue weighted by Crippen LogP contribution is 2.23. The number of unbranched alkanes of at least 4 members (excludes halogenated alkanes) is 1. The fourth-order valence-corrected chi connectivity index (χ4v) is 2.90. The summed E-state index contributed by atoms with van der Waals surface area (Å²) in [5, 5.41) is 7.68. The van der Waals surface area contributed by atoms with E-state index in [1.807, 2.05) is 65.8 Å². The van der Waals surface area contributed by atoms with E-state index >= 15 is 0 Å². The average Bonchev–Trinajstić information content (AvgIpc) is 3.22. The van der Waals surface area contributed by atoms with Crippen LogP contribution < -0.4 is 5.32 Å². The highest BCUT2D eigenvalue weighted by atomic mass is 16.1. The fraction of sp³-hybridized carbons (Fsp3) is 0.300. The monoisotopic (exact) mass is 336 g/mol. The van der Waals surface area contributed by atoms with Gasteiger partial charge in [0.2, 0.25) is 0 Å². The van der Waals surface area contributed by atoms with Gasteiger partial charge in [-0.1, -0.05) is 25.5 Å². The van der Waals surface area contributed by atoms with E-state index in [2.05, 4.69) is 23.4 Å². The molecule has 0 fully saturated rings. The van der Waals surface area contributed by atoms with E-state index in [9.17, 15) is 4.79 Å². The van der Waals surface area contributed by atoms with Crippen LogP contribution in [0.2, 0.25) is 0 Å². The number of benzene rings is 1. The smallest absolute Gasteiger partial charge is 0.256 e. The lowest BCUT2D eigenvalue weighted by Gasteiger charge is -2.11. The van der Waals surface area contributed by atoms with E-state index in [4.69, 9.17) is 0 Å². The maximum Gasteiger partial charge on any atom is 0.256 e. The minimum atomic E-state index is -0.0754. The van der Waals surface area contributed by atoms with Gasteiger partial charge in [-0.2, -0.15) is 5.10 Å². The first-order valence-corrected chi connectivity index (χ1v) is 8.70. The molecular weight excluding hydrogens is 312 g/mol. The maximum atomic E-state index is 12.8. The molecule has 0 bridgehead atoms. The van der Waals surface area contributed by atoms with Crippen LogP contribution in [0.4, 0.5) is 0 Å². The van der Waals surface area contributed by atoms with Gasteiger partial charge in [-0.15, -0.1) is 0 Å². The Morgan fingerprint density at radius 2 is 1.92 bits per heavy atom. The number of carbonyl (C=O) groups is 1. The molecule has 0 saturated carbocycles. The van der Waals surface area contributed by atoms with Gasteiger partial charge in [0.05, 0.1) is 11.4 Å². The van der Waals surface area contributed by atoms with Gasteiger partial charge in [-0.05, 0) is 50.1 Å². The zero-order chi connectivity index (χ0) is 17.8. The van der Waals surface area contributed by atoms with Crippen LogP contribution in [0.1, 0.15) is 41.4 Å². The van der Waals surface area contributed by atoms with Crippen LogP contribution in [0.5, 0.6) is 0 Å². The summed E-state index contributed by atoms with van der Waals surface area (Å²) in [6.45, 7) is 6.72. The third kappa shape index (κ3) is 3.50. The molecule has 130 valence electrons. The fourth-order valence-electron chi connectivity index (χ4n) is 2.90. The second-order valence-electron chi connectivity index (χ2n) is 6.23. The van der Waals surface area contributed by atoms with Crippen molar-refractivity contribution in [1.29, 1.82) is 0 Å². The molecule has 25 heavy (non-hydrogen) atoms. The van der Waals surface area contributed by atoms with E-state index < -0.39 is 0 Å². The van der Waals surface area contributed by atoms with Crippen molar-refractivity contribution >= 4 is 5.91 Å². The van der Waals surface area contributed by atoms with Crippen molar-refractivity contribution in [3.63, 3.8) is 0 Å². The van der Waals surface area contributed by atoms with E-state index in [0.29, 0.717) is 12.1 Å². The Bertz CT molecular complexity index is 862. The maximum absolute atomic E-state index is 12.8. The SMILES string of the molecule is CCCCNC(=O)c1c(C)nn(-c2cccc(C)c2)c1-n1cccc1. The van der Waals surface area contributed by atoms with Crippen molar-refractivity contribution in [3.05, 3.63) is 65.6 Å². The normalized spacial score (nSPS) is 10.8. The number of carbonyl (C=O) groups excluding carboxylic acids is 1. The number of hydrogen-bond donors (Lipinski definition) is 1. The average molecular weight is 336 g/mol. The second kappa shape index (κ2) is 7.38. The number of amides is 1. The molecule has 2 heterocycles. The van der Waals surface area contributed by atoms with Crippen LogP contribution in [0.15, 0.2) is 48.8 Å². The molecule has 1 aromatic carbocycles. The van der Waals surface area contributed by atoms with Gasteiger partial charge in [-0.3, -0.25) is 4.79 Å². The standard InChI is InChI=1S/C20H24N4O/c1-4-5-11-21-19(25)18-16(3)22-24(17-10-8-9-15(2)14-17)20(18)23-12-6-7-13-23/h6-10,12-14H,4-5,11H2,1-3H3,(H,21,25). The summed E-state index contributed by atoms with van der Waals surface area (Å²) in [5.74, 6) is 0.690. The van der Waals surface area contributed by atoms with Crippen LogP contribution >= 0.6 is 0 Å². The van der Waals surface area contributed by atoms with Crippen LogP contribution in [-0.4, -0.2) is 26.8 Å². The van der Waals surface area contributed by atoms with Crippen LogP contribution in [0.25, 0.3) is 11.5 Å². The first-order valence-electron chi connectivity index (χ1n) is 8.70. The quantitative estimate of drug-likeness (QED) is 0.696. The molecule has 0 saturated heterocycles. The predicted octanol–water partition coefficient (Wildman–Crippen LogP) is 3.81. The molecule has 5 nitrogen and oxygen atoms in total. The lowest BCUT2D eigenvalue weighted by Crippen LogP contribution is -2.26. The molecule has 5 heteroatoms. The summed E-state index contributed by atoms with van der Waals surface area (Å²) in [5.41, 5.74) is 3.44. The van der Waals surface area contributed by atoms with E-state index in [-0.39, 0.29) is 5.91 Å². The molecule has 0 atom stereocenters. The summed E-state index contributed by atoms with van der Waals surface area (Å²) in [6.07, 6.45) is 5.89. The van der Waals surface area contributed by atoms with Crippen molar-refractivity contribution in [2.75, 3.05) is 6.54 Å². The molecule has 0 spiro atoms. The Kier molecular flexibility index (Phi) is 5.03. The number of aromatic nitrogens is 3. The Balaban J connectivity index is 2.11. The van der Waals surface area contributed by atoms with Crippen LogP contribution in [0.3, 0.4) is 0 Å². The molecule has 0 aliphatic heterocycles. The van der Waals surface area contributed by atoms with Crippen molar-refractivity contribution in [1.82, 2.24) is 19.7 Å². The topological polar surface area (TPSA) is 51.9 Å². The van der Waals surface area contributed by atoms with E-state index in [1.54, 1.807) is 0 Å². The number of aryl methyl sites for hydroxylation is 2. The largest absolute Gasteiger partial charge is 0.352 e. The van der Waals surface area contributed by atoms with Gasteiger partial charge >= 0.3 is 0 Å². The van der Waals surface area contributed by atoms with Crippen molar-refractivity contribution < 1.29 is 4.79 Å². The third-order valence-electron chi connectivity index (χ3n) is 4.17. The van der Waals surface area contributed by atoms with Crippen molar-refractivity contribution in [2.45, 2.75) is 33.6 Å². The number of hydrogen-bond acceptors (Lipinski definition) is 2. The zero-order valence-electron chi connectivity index (χ0n) is 15.0. The predicted molar refractivity (Wildman–Crippen MR) is 99.6 cm³/mol. The molecule has 0 aliphatic rings. The molecular formula is C20H24N4O. The number of rotatable bonds is 6. The van der Waals surface area contributed by atoms with Gasteiger partial charge in [0, 0.05) is 18.9 Å².